The van der Waals surface area contributed by atoms with Crippen LogP contribution < -0.4 is 10.2 Å². The van der Waals surface area contributed by atoms with Crippen molar-refractivity contribution in [3.63, 3.8) is 0 Å². The normalized spacial score (nSPS) is 16.2. The number of nitrogens with one attached hydrogen (secondary N) is 1. The van der Waals surface area contributed by atoms with E-state index < -0.39 is 5.92 Å². The van der Waals surface area contributed by atoms with Crippen LogP contribution in [0.4, 0.5) is 11.4 Å². The lowest BCUT2D eigenvalue weighted by molar-refractivity contribution is -0.122. The molecule has 31 heavy (non-hydrogen) atoms. The fourth-order valence-electron chi connectivity index (χ4n) is 3.60. The van der Waals surface area contributed by atoms with E-state index in [9.17, 15) is 9.59 Å². The number of halogens is 1. The minimum Gasteiger partial charge on any atom is -0.334 e. The van der Waals surface area contributed by atoms with Crippen LogP contribution in [0.25, 0.3) is 11.5 Å². The van der Waals surface area contributed by atoms with Gasteiger partial charge < -0.3 is 14.7 Å². The summed E-state index contributed by atoms with van der Waals surface area (Å²) in [5.41, 5.74) is 2.94. The van der Waals surface area contributed by atoms with Crippen molar-refractivity contribution in [2.45, 2.75) is 33.1 Å². The summed E-state index contributed by atoms with van der Waals surface area (Å²) in [5, 5.41) is 7.03. The largest absolute Gasteiger partial charge is 0.334 e. The van der Waals surface area contributed by atoms with Crippen LogP contribution in [-0.4, -0.2) is 28.5 Å². The van der Waals surface area contributed by atoms with E-state index in [-0.39, 0.29) is 24.2 Å². The number of carbonyl (C=O) groups excluding carboxylic acids is 2. The number of amides is 2. The second kappa shape index (κ2) is 8.63. The third-order valence-corrected chi connectivity index (χ3v) is 6.02. The molecule has 160 valence electrons. The van der Waals surface area contributed by atoms with Crippen LogP contribution >= 0.6 is 15.9 Å². The first kappa shape index (κ1) is 21.2. The first-order chi connectivity index (χ1) is 14.8. The molecule has 0 spiro atoms. The zero-order valence-corrected chi connectivity index (χ0v) is 19.1. The van der Waals surface area contributed by atoms with Gasteiger partial charge in [-0.3, -0.25) is 9.59 Å². The van der Waals surface area contributed by atoms with Crippen LogP contribution in [0.1, 0.15) is 37.6 Å². The maximum Gasteiger partial charge on any atom is 0.260 e. The minimum atomic E-state index is -0.457. The van der Waals surface area contributed by atoms with Crippen LogP contribution in [-0.2, 0) is 9.59 Å². The van der Waals surface area contributed by atoms with Gasteiger partial charge in [0.05, 0.1) is 22.9 Å². The van der Waals surface area contributed by atoms with Crippen molar-refractivity contribution >= 4 is 39.1 Å². The van der Waals surface area contributed by atoms with Gasteiger partial charge in [-0.15, -0.1) is 0 Å². The van der Waals surface area contributed by atoms with Gasteiger partial charge >= 0.3 is 0 Å². The zero-order chi connectivity index (χ0) is 22.1. The molecule has 1 N–H and O–H groups in total. The van der Waals surface area contributed by atoms with Crippen molar-refractivity contribution in [2.24, 2.45) is 5.92 Å². The fraction of sp³-hybridized carbons (Fsp3) is 0.304. The summed E-state index contributed by atoms with van der Waals surface area (Å²) in [6.45, 7) is 6.21. The highest BCUT2D eigenvalue weighted by Gasteiger charge is 2.36. The third kappa shape index (κ3) is 4.25. The SMILES string of the molecule is Cc1cccc(-c2nc(C(C)C)no2)c1NC(=O)C1CC(=O)N(c2ccccc2Br)C1. The number of carbonyl (C=O) groups is 2. The molecule has 1 saturated heterocycles. The van der Waals surface area contributed by atoms with E-state index in [1.54, 1.807) is 4.90 Å². The van der Waals surface area contributed by atoms with Crippen molar-refractivity contribution < 1.29 is 14.1 Å². The zero-order valence-electron chi connectivity index (χ0n) is 17.6. The van der Waals surface area contributed by atoms with E-state index in [4.69, 9.17) is 4.52 Å². The summed E-state index contributed by atoms with van der Waals surface area (Å²) in [7, 11) is 0. The molecule has 1 aliphatic heterocycles. The predicted molar refractivity (Wildman–Crippen MR) is 122 cm³/mol. The average molecular weight is 483 g/mol. The summed E-state index contributed by atoms with van der Waals surface area (Å²) >= 11 is 3.48. The van der Waals surface area contributed by atoms with Crippen LogP contribution in [0.2, 0.25) is 0 Å². The molecule has 1 unspecified atom stereocenters. The van der Waals surface area contributed by atoms with Gasteiger partial charge in [-0.25, -0.2) is 0 Å². The Hall–Kier alpha value is -3.00. The molecule has 1 atom stereocenters. The van der Waals surface area contributed by atoms with Gasteiger partial charge in [-0.05, 0) is 46.6 Å². The van der Waals surface area contributed by atoms with Crippen molar-refractivity contribution in [3.8, 4) is 11.5 Å². The van der Waals surface area contributed by atoms with Gasteiger partial charge in [-0.2, -0.15) is 4.98 Å². The number of hydrogen-bond donors (Lipinski definition) is 1. The Morgan fingerprint density at radius 2 is 2.00 bits per heavy atom. The molecular formula is C23H23BrN4O3. The minimum absolute atomic E-state index is 0.0736. The number of aryl methyl sites for hydroxylation is 1. The van der Waals surface area contributed by atoms with E-state index in [0.717, 1.165) is 15.7 Å². The molecule has 1 aromatic heterocycles. The lowest BCUT2D eigenvalue weighted by atomic mass is 10.0. The molecule has 3 aromatic rings. The van der Waals surface area contributed by atoms with Crippen LogP contribution in [0.15, 0.2) is 51.5 Å². The van der Waals surface area contributed by atoms with Crippen molar-refractivity contribution in [1.82, 2.24) is 10.1 Å². The molecule has 2 heterocycles. The second-order valence-corrected chi connectivity index (χ2v) is 8.81. The first-order valence-corrected chi connectivity index (χ1v) is 10.9. The van der Waals surface area contributed by atoms with E-state index in [0.29, 0.717) is 29.5 Å². The Kier molecular flexibility index (Phi) is 5.91. The van der Waals surface area contributed by atoms with Gasteiger partial charge in [-0.1, -0.05) is 43.3 Å². The molecule has 2 amide bonds. The summed E-state index contributed by atoms with van der Waals surface area (Å²) in [6.07, 6.45) is 0.159. The molecular weight excluding hydrogens is 460 g/mol. The fourth-order valence-corrected chi connectivity index (χ4v) is 4.10. The molecule has 0 bridgehead atoms. The van der Waals surface area contributed by atoms with Gasteiger partial charge in [0.25, 0.3) is 5.89 Å². The lowest BCUT2D eigenvalue weighted by Gasteiger charge is -2.18. The lowest BCUT2D eigenvalue weighted by Crippen LogP contribution is -2.28. The van der Waals surface area contributed by atoms with E-state index in [2.05, 4.69) is 31.4 Å². The monoisotopic (exact) mass is 482 g/mol. The number of hydrogen-bond acceptors (Lipinski definition) is 5. The molecule has 1 aliphatic rings. The average Bonchev–Trinajstić information content (AvgIpc) is 3.37. The van der Waals surface area contributed by atoms with E-state index in [1.807, 2.05) is 63.2 Å². The van der Waals surface area contributed by atoms with E-state index >= 15 is 0 Å². The Morgan fingerprint density at radius 1 is 1.23 bits per heavy atom. The summed E-state index contributed by atoms with van der Waals surface area (Å²) in [5.74, 6) is 0.367. The number of rotatable bonds is 5. The van der Waals surface area contributed by atoms with Crippen molar-refractivity contribution in [1.29, 1.82) is 0 Å². The van der Waals surface area contributed by atoms with Crippen LogP contribution in [0.5, 0.6) is 0 Å². The number of anilines is 2. The van der Waals surface area contributed by atoms with Crippen molar-refractivity contribution in [2.75, 3.05) is 16.8 Å². The summed E-state index contributed by atoms with van der Waals surface area (Å²) in [6, 6.07) is 13.1. The van der Waals surface area contributed by atoms with Gasteiger partial charge in [0.2, 0.25) is 11.8 Å². The molecule has 8 heteroatoms. The number of aromatic nitrogens is 2. The summed E-state index contributed by atoms with van der Waals surface area (Å²) < 4.78 is 6.26. The van der Waals surface area contributed by atoms with Crippen molar-refractivity contribution in [3.05, 3.63) is 58.3 Å². The van der Waals surface area contributed by atoms with Crippen LogP contribution in [0.3, 0.4) is 0 Å². The highest BCUT2D eigenvalue weighted by molar-refractivity contribution is 9.10. The Morgan fingerprint density at radius 3 is 2.71 bits per heavy atom. The highest BCUT2D eigenvalue weighted by atomic mass is 79.9. The molecule has 4 rings (SSSR count). The number of para-hydroxylation sites is 2. The predicted octanol–water partition coefficient (Wildman–Crippen LogP) is 4.92. The molecule has 2 aromatic carbocycles. The number of nitrogens with zero attached hydrogens (tertiary/aromatic N) is 3. The Bertz CT molecular complexity index is 1140. The standard InChI is InChI=1S/C23H23BrN4O3/c1-13(2)21-26-23(31-27-21)16-8-6-7-14(3)20(16)25-22(30)15-11-19(29)28(12-15)18-10-5-4-9-17(18)24/h4-10,13,15H,11-12H2,1-3H3,(H,25,30). The highest BCUT2D eigenvalue weighted by Crippen LogP contribution is 2.34. The summed E-state index contributed by atoms with van der Waals surface area (Å²) in [4.78, 5) is 31.8. The molecule has 0 aliphatic carbocycles. The Balaban J connectivity index is 1.57. The Labute approximate surface area is 189 Å². The smallest absolute Gasteiger partial charge is 0.260 e. The van der Waals surface area contributed by atoms with Gasteiger partial charge in [0.1, 0.15) is 0 Å². The molecule has 0 saturated carbocycles. The topological polar surface area (TPSA) is 88.3 Å². The first-order valence-electron chi connectivity index (χ1n) is 10.1. The second-order valence-electron chi connectivity index (χ2n) is 7.96. The maximum atomic E-state index is 13.1. The van der Waals surface area contributed by atoms with Gasteiger partial charge in [0, 0.05) is 23.4 Å². The number of benzene rings is 2. The quantitative estimate of drug-likeness (QED) is 0.557. The third-order valence-electron chi connectivity index (χ3n) is 5.35. The maximum absolute atomic E-state index is 13.1. The van der Waals surface area contributed by atoms with Crippen LogP contribution in [0, 0.1) is 12.8 Å². The molecule has 0 radical (unpaired) electrons. The molecule has 1 fully saturated rings. The van der Waals surface area contributed by atoms with Gasteiger partial charge in [0.15, 0.2) is 5.82 Å². The molecule has 7 nitrogen and oxygen atoms in total. The van der Waals surface area contributed by atoms with E-state index in [1.165, 1.54) is 0 Å².